The molecule has 1 aliphatic heterocycles. The molecule has 1 unspecified atom stereocenters. The summed E-state index contributed by atoms with van der Waals surface area (Å²) in [4.78, 5) is 13.6. The van der Waals surface area contributed by atoms with E-state index in [0.29, 0.717) is 37.9 Å². The van der Waals surface area contributed by atoms with Crippen LogP contribution in [0.15, 0.2) is 0 Å². The van der Waals surface area contributed by atoms with Crippen LogP contribution in [-0.2, 0) is 9.53 Å². The largest absolute Gasteiger partial charge is 0.373 e. The van der Waals surface area contributed by atoms with Crippen molar-refractivity contribution < 1.29 is 9.53 Å². The molecule has 0 N–H and O–H groups in total. The third-order valence-electron chi connectivity index (χ3n) is 2.25. The van der Waals surface area contributed by atoms with E-state index in [2.05, 4.69) is 13.8 Å². The van der Waals surface area contributed by atoms with Crippen molar-refractivity contribution in [2.45, 2.75) is 26.4 Å². The van der Waals surface area contributed by atoms with Gasteiger partial charge in [-0.25, -0.2) is 0 Å². The van der Waals surface area contributed by atoms with Gasteiger partial charge in [0, 0.05) is 19.5 Å². The van der Waals surface area contributed by atoms with Crippen LogP contribution < -0.4 is 0 Å². The number of ether oxygens (including phenoxy) is 1. The molecule has 0 radical (unpaired) electrons. The van der Waals surface area contributed by atoms with Crippen LogP contribution in [0.1, 0.15) is 20.3 Å². The molecule has 1 aliphatic rings. The minimum Gasteiger partial charge on any atom is -0.373 e. The highest BCUT2D eigenvalue weighted by atomic mass is 35.5. The van der Waals surface area contributed by atoms with Crippen LogP contribution in [0, 0.1) is 5.92 Å². The first kappa shape index (κ1) is 11.8. The normalized spacial score (nSPS) is 22.9. The molecule has 0 aromatic heterocycles. The minimum absolute atomic E-state index is 0.0153. The van der Waals surface area contributed by atoms with Crippen molar-refractivity contribution >= 4 is 17.5 Å². The van der Waals surface area contributed by atoms with Gasteiger partial charge < -0.3 is 9.64 Å². The third kappa shape index (κ3) is 3.46. The van der Waals surface area contributed by atoms with E-state index in [4.69, 9.17) is 16.3 Å². The lowest BCUT2D eigenvalue weighted by Crippen LogP contribution is -2.46. The summed E-state index contributed by atoms with van der Waals surface area (Å²) >= 11 is 5.69. The summed E-state index contributed by atoms with van der Waals surface area (Å²) in [5, 5.41) is 0. The predicted molar refractivity (Wildman–Crippen MR) is 56.5 cm³/mol. The van der Waals surface area contributed by atoms with Crippen molar-refractivity contribution in [3.8, 4) is 0 Å². The molecule has 0 aromatic rings. The Hall–Kier alpha value is -0.280. The second kappa shape index (κ2) is 5.56. The molecule has 4 heteroatoms. The second-order valence-electron chi connectivity index (χ2n) is 4.08. The van der Waals surface area contributed by atoms with Crippen molar-refractivity contribution in [3.05, 3.63) is 0 Å². The molecule has 1 amide bonds. The maximum atomic E-state index is 11.7. The molecule has 1 fully saturated rings. The highest BCUT2D eigenvalue weighted by molar-refractivity contribution is 6.18. The van der Waals surface area contributed by atoms with Gasteiger partial charge in [-0.1, -0.05) is 13.8 Å². The van der Waals surface area contributed by atoms with Gasteiger partial charge in [0.2, 0.25) is 5.91 Å². The van der Waals surface area contributed by atoms with E-state index in [9.17, 15) is 4.79 Å². The molecule has 1 rings (SSSR count). The molecule has 1 heterocycles. The van der Waals surface area contributed by atoms with Crippen LogP contribution in [0.4, 0.5) is 0 Å². The number of hydrogen-bond donors (Lipinski definition) is 0. The summed E-state index contributed by atoms with van der Waals surface area (Å²) in [6.45, 7) is 6.07. The van der Waals surface area contributed by atoms with Crippen molar-refractivity contribution in [1.82, 2.24) is 4.90 Å². The molecule has 1 saturated heterocycles. The van der Waals surface area contributed by atoms with Crippen LogP contribution in [0.2, 0.25) is 0 Å². The average molecular weight is 220 g/mol. The zero-order chi connectivity index (χ0) is 10.6. The van der Waals surface area contributed by atoms with Crippen LogP contribution in [-0.4, -0.2) is 42.5 Å². The smallest absolute Gasteiger partial charge is 0.222 e. The number of halogens is 1. The number of carbonyl (C=O) groups is 1. The quantitative estimate of drug-likeness (QED) is 0.674. The Morgan fingerprint density at radius 1 is 1.64 bits per heavy atom. The number of carbonyl (C=O) groups excluding carboxylic acids is 1. The van der Waals surface area contributed by atoms with Crippen molar-refractivity contribution in [3.63, 3.8) is 0 Å². The van der Waals surface area contributed by atoms with E-state index in [1.807, 2.05) is 4.90 Å². The Labute approximate surface area is 90.4 Å². The predicted octanol–water partition coefficient (Wildman–Crippen LogP) is 1.50. The zero-order valence-electron chi connectivity index (χ0n) is 8.83. The lowest BCUT2D eigenvalue weighted by atomic mass is 10.1. The van der Waals surface area contributed by atoms with Crippen molar-refractivity contribution in [2.75, 3.05) is 25.6 Å². The molecule has 0 spiro atoms. The molecule has 0 saturated carbocycles. The fourth-order valence-corrected chi connectivity index (χ4v) is 1.70. The fourth-order valence-electron chi connectivity index (χ4n) is 1.52. The highest BCUT2D eigenvalue weighted by Crippen LogP contribution is 2.10. The van der Waals surface area contributed by atoms with Gasteiger partial charge in [0.25, 0.3) is 0 Å². The lowest BCUT2D eigenvalue weighted by Gasteiger charge is -2.32. The maximum absolute atomic E-state index is 11.7. The summed E-state index contributed by atoms with van der Waals surface area (Å²) in [5.41, 5.74) is 0. The molecular weight excluding hydrogens is 202 g/mol. The summed E-state index contributed by atoms with van der Waals surface area (Å²) in [7, 11) is 0. The van der Waals surface area contributed by atoms with E-state index in [1.165, 1.54) is 0 Å². The van der Waals surface area contributed by atoms with Crippen LogP contribution in [0.3, 0.4) is 0 Å². The van der Waals surface area contributed by atoms with E-state index in [1.54, 1.807) is 0 Å². The number of amides is 1. The monoisotopic (exact) mass is 219 g/mol. The van der Waals surface area contributed by atoms with Gasteiger partial charge in [0.1, 0.15) is 0 Å². The first-order valence-electron chi connectivity index (χ1n) is 5.08. The molecule has 0 bridgehead atoms. The standard InChI is InChI=1S/C10H18ClNO2/c1-8(2)5-10(13)12-3-4-14-9(6-11)7-12/h8-9H,3-7H2,1-2H3. The number of rotatable bonds is 3. The minimum atomic E-state index is 0.0153. The number of nitrogens with zero attached hydrogens (tertiary/aromatic N) is 1. The van der Waals surface area contributed by atoms with Crippen molar-refractivity contribution in [1.29, 1.82) is 0 Å². The first-order valence-corrected chi connectivity index (χ1v) is 5.62. The zero-order valence-corrected chi connectivity index (χ0v) is 9.59. The highest BCUT2D eigenvalue weighted by Gasteiger charge is 2.23. The van der Waals surface area contributed by atoms with E-state index in [-0.39, 0.29) is 12.0 Å². The van der Waals surface area contributed by atoms with Gasteiger partial charge in [-0.15, -0.1) is 11.6 Å². The first-order chi connectivity index (χ1) is 6.63. The van der Waals surface area contributed by atoms with Crippen LogP contribution in [0.5, 0.6) is 0 Å². The molecule has 1 atom stereocenters. The van der Waals surface area contributed by atoms with Gasteiger partial charge in [-0.05, 0) is 5.92 Å². The SMILES string of the molecule is CC(C)CC(=O)N1CCOC(CCl)C1. The Bertz CT molecular complexity index is 197. The molecule has 82 valence electrons. The number of alkyl halides is 1. The van der Waals surface area contributed by atoms with Crippen molar-refractivity contribution in [2.24, 2.45) is 5.92 Å². The Balaban J connectivity index is 2.39. The van der Waals surface area contributed by atoms with E-state index >= 15 is 0 Å². The van der Waals surface area contributed by atoms with E-state index < -0.39 is 0 Å². The fraction of sp³-hybridized carbons (Fsp3) is 0.900. The van der Waals surface area contributed by atoms with Gasteiger partial charge in [-0.2, -0.15) is 0 Å². The summed E-state index contributed by atoms with van der Waals surface area (Å²) in [6, 6.07) is 0. The van der Waals surface area contributed by atoms with Gasteiger partial charge in [0.15, 0.2) is 0 Å². The van der Waals surface area contributed by atoms with E-state index in [0.717, 1.165) is 0 Å². The summed E-state index contributed by atoms with van der Waals surface area (Å²) in [5.74, 6) is 1.10. The topological polar surface area (TPSA) is 29.5 Å². The summed E-state index contributed by atoms with van der Waals surface area (Å²) in [6.07, 6.45) is 0.635. The molecule has 3 nitrogen and oxygen atoms in total. The van der Waals surface area contributed by atoms with Crippen LogP contribution >= 0.6 is 11.6 Å². The number of hydrogen-bond acceptors (Lipinski definition) is 2. The Kier molecular flexibility index (Phi) is 4.69. The second-order valence-corrected chi connectivity index (χ2v) is 4.39. The van der Waals surface area contributed by atoms with Gasteiger partial charge >= 0.3 is 0 Å². The molecule has 0 aliphatic carbocycles. The van der Waals surface area contributed by atoms with Gasteiger partial charge in [0.05, 0.1) is 18.6 Å². The maximum Gasteiger partial charge on any atom is 0.222 e. The summed E-state index contributed by atoms with van der Waals surface area (Å²) < 4.78 is 5.39. The Morgan fingerprint density at radius 3 is 2.93 bits per heavy atom. The Morgan fingerprint density at radius 2 is 2.36 bits per heavy atom. The number of morpholine rings is 1. The molecule has 0 aromatic carbocycles. The van der Waals surface area contributed by atoms with Crippen LogP contribution in [0.25, 0.3) is 0 Å². The van der Waals surface area contributed by atoms with Gasteiger partial charge in [-0.3, -0.25) is 4.79 Å². The molecule has 14 heavy (non-hydrogen) atoms. The molecular formula is C10H18ClNO2. The average Bonchev–Trinajstić information content (AvgIpc) is 2.17. The third-order valence-corrected chi connectivity index (χ3v) is 2.59. The lowest BCUT2D eigenvalue weighted by molar-refractivity contribution is -0.138.